The van der Waals surface area contributed by atoms with Crippen molar-refractivity contribution < 1.29 is 9.59 Å². The highest BCUT2D eigenvalue weighted by molar-refractivity contribution is 6.41. The maximum atomic E-state index is 10.3. The number of hydrogen-bond acceptors (Lipinski definition) is 2. The molecule has 8 heavy (non-hydrogen) atoms. The lowest BCUT2D eigenvalue weighted by Crippen LogP contribution is -2.07. The van der Waals surface area contributed by atoms with E-state index >= 15 is 0 Å². The van der Waals surface area contributed by atoms with Crippen molar-refractivity contribution >= 4 is 11.6 Å². The third-order valence-electron chi connectivity index (χ3n) is 0.687. The van der Waals surface area contributed by atoms with E-state index in [1.165, 1.54) is 0 Å². The van der Waals surface area contributed by atoms with Gasteiger partial charge in [-0.1, -0.05) is 6.58 Å². The molecule has 1 radical (unpaired) electrons. The highest BCUT2D eigenvalue weighted by Crippen LogP contribution is 1.81. The van der Waals surface area contributed by atoms with Gasteiger partial charge in [0.2, 0.25) is 11.6 Å². The van der Waals surface area contributed by atoms with Gasteiger partial charge >= 0.3 is 0 Å². The second-order valence-corrected chi connectivity index (χ2v) is 1.24. The lowest BCUT2D eigenvalue weighted by atomic mass is 10.2. The Morgan fingerprint density at radius 1 is 1.50 bits per heavy atom. The Labute approximate surface area is 48.2 Å². The second-order valence-electron chi connectivity index (χ2n) is 1.24. The van der Waals surface area contributed by atoms with Gasteiger partial charge in [-0.05, 0) is 13.0 Å². The number of carbonyl (C=O) groups is 2. The lowest BCUT2D eigenvalue weighted by Gasteiger charge is -1.83. The fourth-order valence-corrected chi connectivity index (χ4v) is 0.237. The molecule has 43 valence electrons. The molecule has 0 aliphatic heterocycles. The zero-order chi connectivity index (χ0) is 6.57. The van der Waals surface area contributed by atoms with Crippen molar-refractivity contribution in [1.82, 2.24) is 0 Å². The van der Waals surface area contributed by atoms with Gasteiger partial charge in [0, 0.05) is 6.42 Å². The van der Waals surface area contributed by atoms with Crippen LogP contribution >= 0.6 is 0 Å². The Morgan fingerprint density at radius 2 is 2.00 bits per heavy atom. The average molecular weight is 111 g/mol. The van der Waals surface area contributed by atoms with Gasteiger partial charge < -0.3 is 0 Å². The lowest BCUT2D eigenvalue weighted by molar-refractivity contribution is -0.133. The molecule has 0 spiro atoms. The first-order valence-electron chi connectivity index (χ1n) is 2.21. The number of rotatable bonds is 3. The molecule has 0 saturated heterocycles. The SMILES string of the molecule is [CH2]CC(=O)C(=O)C=C. The molecular formula is C6H7O2. The quantitative estimate of drug-likeness (QED) is 0.393. The van der Waals surface area contributed by atoms with E-state index in [2.05, 4.69) is 13.5 Å². The maximum Gasteiger partial charge on any atom is 0.220 e. The molecule has 0 amide bonds. The molecule has 0 aromatic heterocycles. The van der Waals surface area contributed by atoms with Crippen LogP contribution in [-0.4, -0.2) is 11.6 Å². The van der Waals surface area contributed by atoms with Crippen LogP contribution in [0.4, 0.5) is 0 Å². The van der Waals surface area contributed by atoms with Crippen LogP contribution in [0.3, 0.4) is 0 Å². The summed E-state index contributed by atoms with van der Waals surface area (Å²) in [7, 11) is 0. The normalized spacial score (nSPS) is 8.12. The molecule has 0 aromatic carbocycles. The summed E-state index contributed by atoms with van der Waals surface area (Å²) in [6.07, 6.45) is 1.01. The van der Waals surface area contributed by atoms with Crippen LogP contribution in [0.25, 0.3) is 0 Å². The number of ketones is 2. The average Bonchev–Trinajstić information content (AvgIpc) is 1.84. The van der Waals surface area contributed by atoms with E-state index in [0.29, 0.717) is 0 Å². The van der Waals surface area contributed by atoms with Gasteiger partial charge in [-0.15, -0.1) is 0 Å². The Kier molecular flexibility index (Phi) is 2.77. The minimum absolute atomic E-state index is 0.0187. The van der Waals surface area contributed by atoms with Crippen LogP contribution in [0.15, 0.2) is 12.7 Å². The molecular weight excluding hydrogens is 104 g/mol. The molecule has 2 nitrogen and oxygen atoms in total. The van der Waals surface area contributed by atoms with E-state index in [1.807, 2.05) is 0 Å². The largest absolute Gasteiger partial charge is 0.291 e. The molecule has 0 heterocycles. The maximum absolute atomic E-state index is 10.3. The molecule has 0 unspecified atom stereocenters. The topological polar surface area (TPSA) is 34.1 Å². The molecule has 0 saturated carbocycles. The van der Waals surface area contributed by atoms with Crippen LogP contribution in [0, 0.1) is 6.92 Å². The molecule has 0 bridgehead atoms. The molecule has 0 aromatic rings. The van der Waals surface area contributed by atoms with Gasteiger partial charge in [0.1, 0.15) is 0 Å². The van der Waals surface area contributed by atoms with E-state index in [-0.39, 0.29) is 6.42 Å². The summed E-state index contributed by atoms with van der Waals surface area (Å²) in [5.74, 6) is -1.04. The first kappa shape index (κ1) is 7.08. The van der Waals surface area contributed by atoms with Crippen LogP contribution in [0.2, 0.25) is 0 Å². The summed E-state index contributed by atoms with van der Waals surface area (Å²) in [4.78, 5) is 20.5. The zero-order valence-electron chi connectivity index (χ0n) is 4.52. The van der Waals surface area contributed by atoms with Crippen LogP contribution in [-0.2, 0) is 9.59 Å². The van der Waals surface area contributed by atoms with Crippen LogP contribution in [0.5, 0.6) is 0 Å². The molecule has 0 aliphatic rings. The smallest absolute Gasteiger partial charge is 0.220 e. The van der Waals surface area contributed by atoms with E-state index < -0.39 is 11.6 Å². The predicted molar refractivity (Wildman–Crippen MR) is 30.2 cm³/mol. The van der Waals surface area contributed by atoms with Crippen molar-refractivity contribution in [1.29, 1.82) is 0 Å². The molecule has 0 fully saturated rings. The fraction of sp³-hybridized carbons (Fsp3) is 0.167. The summed E-state index contributed by atoms with van der Waals surface area (Å²) in [5, 5.41) is 0. The van der Waals surface area contributed by atoms with Crippen molar-refractivity contribution in [3.05, 3.63) is 19.6 Å². The third kappa shape index (κ3) is 1.69. The Bertz CT molecular complexity index is 124. The van der Waals surface area contributed by atoms with Gasteiger partial charge in [0.15, 0.2) is 0 Å². The van der Waals surface area contributed by atoms with E-state index in [4.69, 9.17) is 0 Å². The molecule has 0 aliphatic carbocycles. The van der Waals surface area contributed by atoms with E-state index in [0.717, 1.165) is 6.08 Å². The van der Waals surface area contributed by atoms with Gasteiger partial charge in [-0.25, -0.2) is 0 Å². The van der Waals surface area contributed by atoms with Crippen LogP contribution < -0.4 is 0 Å². The molecule has 2 heteroatoms. The second kappa shape index (κ2) is 3.13. The van der Waals surface area contributed by atoms with Crippen molar-refractivity contribution in [2.75, 3.05) is 0 Å². The number of allylic oxidation sites excluding steroid dienone is 1. The van der Waals surface area contributed by atoms with Gasteiger partial charge in [0.05, 0.1) is 0 Å². The van der Waals surface area contributed by atoms with Crippen molar-refractivity contribution in [3.63, 3.8) is 0 Å². The standard InChI is InChI=1S/C6H7O2/c1-3-5(7)6(8)4-2/h3H,1-2,4H2. The summed E-state index contributed by atoms with van der Waals surface area (Å²) in [6.45, 7) is 6.37. The van der Waals surface area contributed by atoms with Crippen molar-refractivity contribution in [3.8, 4) is 0 Å². The molecule has 0 N–H and O–H groups in total. The number of hydrogen-bond donors (Lipinski definition) is 0. The summed E-state index contributed by atoms with van der Waals surface area (Å²) >= 11 is 0. The minimum Gasteiger partial charge on any atom is -0.291 e. The van der Waals surface area contributed by atoms with Crippen molar-refractivity contribution in [2.45, 2.75) is 6.42 Å². The summed E-state index contributed by atoms with van der Waals surface area (Å²) < 4.78 is 0. The molecule has 0 atom stereocenters. The minimum atomic E-state index is -0.556. The van der Waals surface area contributed by atoms with Gasteiger partial charge in [-0.2, -0.15) is 0 Å². The van der Waals surface area contributed by atoms with E-state index in [9.17, 15) is 9.59 Å². The monoisotopic (exact) mass is 111 g/mol. The number of carbonyl (C=O) groups excluding carboxylic acids is 2. The third-order valence-corrected chi connectivity index (χ3v) is 0.687. The first-order chi connectivity index (χ1) is 3.72. The number of Topliss-reactive ketones (excluding diaryl/α,β-unsaturated/α-hetero) is 1. The van der Waals surface area contributed by atoms with Crippen LogP contribution in [0.1, 0.15) is 6.42 Å². The Morgan fingerprint density at radius 3 is 2.12 bits per heavy atom. The van der Waals surface area contributed by atoms with Gasteiger partial charge in [0.25, 0.3) is 0 Å². The van der Waals surface area contributed by atoms with Crippen molar-refractivity contribution in [2.24, 2.45) is 0 Å². The van der Waals surface area contributed by atoms with Gasteiger partial charge in [-0.3, -0.25) is 9.59 Å². The Hall–Kier alpha value is -0.920. The highest BCUT2D eigenvalue weighted by atomic mass is 16.2. The first-order valence-corrected chi connectivity index (χ1v) is 2.21. The zero-order valence-corrected chi connectivity index (χ0v) is 4.52. The molecule has 0 rings (SSSR count). The Balaban J connectivity index is 3.82. The highest BCUT2D eigenvalue weighted by Gasteiger charge is 2.03. The summed E-state index contributed by atoms with van der Waals surface area (Å²) in [6, 6.07) is 0. The predicted octanol–water partition coefficient (Wildman–Crippen LogP) is 0.535. The fourth-order valence-electron chi connectivity index (χ4n) is 0.237. The van der Waals surface area contributed by atoms with E-state index in [1.54, 1.807) is 0 Å². The summed E-state index contributed by atoms with van der Waals surface area (Å²) in [5.41, 5.74) is 0.